The van der Waals surface area contributed by atoms with E-state index in [1.165, 1.54) is 0 Å². The van der Waals surface area contributed by atoms with Gasteiger partial charge in [0.15, 0.2) is 5.96 Å². The molecule has 3 rings (SSSR count). The molecule has 0 amide bonds. The Morgan fingerprint density at radius 2 is 2.52 bits per heavy atom. The summed E-state index contributed by atoms with van der Waals surface area (Å²) in [7, 11) is 1.78. The van der Waals surface area contributed by atoms with E-state index in [1.807, 2.05) is 16.8 Å². The number of hydrogen-bond acceptors (Lipinski definition) is 4. The normalized spacial score (nSPS) is 18.3. The summed E-state index contributed by atoms with van der Waals surface area (Å²) in [5.74, 6) is 2.85. The van der Waals surface area contributed by atoms with Gasteiger partial charge in [0.05, 0.1) is 12.8 Å². The highest BCUT2D eigenvalue weighted by atomic mass is 16.3. The predicted octanol–water partition coefficient (Wildman–Crippen LogP) is 0.594. The van der Waals surface area contributed by atoms with Gasteiger partial charge in [-0.3, -0.25) is 4.99 Å². The lowest BCUT2D eigenvalue weighted by Gasteiger charge is -2.25. The minimum absolute atomic E-state index is 0.328. The van der Waals surface area contributed by atoms with Crippen LogP contribution in [0, 0.1) is 0 Å². The minimum Gasteiger partial charge on any atom is -0.469 e. The average Bonchev–Trinajstić information content (AvgIpc) is 3.16. The minimum atomic E-state index is 0.328. The second-order valence-corrected chi connectivity index (χ2v) is 5.07. The van der Waals surface area contributed by atoms with E-state index in [9.17, 15) is 0 Å². The summed E-state index contributed by atoms with van der Waals surface area (Å²) in [6, 6.07) is 4.21. The summed E-state index contributed by atoms with van der Waals surface area (Å²) >= 11 is 0. The Morgan fingerprint density at radius 1 is 1.57 bits per heavy atom. The van der Waals surface area contributed by atoms with Crippen LogP contribution in [0.2, 0.25) is 0 Å². The summed E-state index contributed by atoms with van der Waals surface area (Å²) in [6.07, 6.45) is 6.14. The predicted molar refractivity (Wildman–Crippen MR) is 79.0 cm³/mol. The van der Waals surface area contributed by atoms with Gasteiger partial charge in [0.25, 0.3) is 0 Å². The highest BCUT2D eigenvalue weighted by molar-refractivity contribution is 5.79. The maximum Gasteiger partial charge on any atom is 0.191 e. The summed E-state index contributed by atoms with van der Waals surface area (Å²) < 4.78 is 7.27. The molecule has 7 nitrogen and oxygen atoms in total. The fourth-order valence-corrected chi connectivity index (χ4v) is 2.50. The molecule has 1 atom stereocenters. The first-order valence-electron chi connectivity index (χ1n) is 7.21. The van der Waals surface area contributed by atoms with E-state index >= 15 is 0 Å². The molecule has 0 radical (unpaired) electrons. The van der Waals surface area contributed by atoms with Gasteiger partial charge in [0.2, 0.25) is 0 Å². The van der Waals surface area contributed by atoms with Crippen molar-refractivity contribution in [3.63, 3.8) is 0 Å². The fraction of sp³-hybridized carbons (Fsp3) is 0.500. The van der Waals surface area contributed by atoms with E-state index < -0.39 is 0 Å². The smallest absolute Gasteiger partial charge is 0.191 e. The van der Waals surface area contributed by atoms with Gasteiger partial charge in [0.1, 0.15) is 17.9 Å². The second kappa shape index (κ2) is 6.43. The van der Waals surface area contributed by atoms with Gasteiger partial charge in [-0.05, 0) is 18.6 Å². The topological polar surface area (TPSA) is 80.3 Å². The molecule has 2 N–H and O–H groups in total. The van der Waals surface area contributed by atoms with E-state index in [2.05, 4.69) is 25.7 Å². The van der Waals surface area contributed by atoms with Gasteiger partial charge in [0, 0.05) is 32.5 Å². The van der Waals surface area contributed by atoms with Crippen molar-refractivity contribution in [1.82, 2.24) is 25.4 Å². The third kappa shape index (κ3) is 3.42. The molecule has 0 spiro atoms. The molecule has 0 bridgehead atoms. The van der Waals surface area contributed by atoms with Crippen molar-refractivity contribution in [2.24, 2.45) is 4.99 Å². The molecule has 0 aliphatic carbocycles. The maximum atomic E-state index is 5.31. The van der Waals surface area contributed by atoms with Crippen molar-refractivity contribution in [1.29, 1.82) is 0 Å². The Bertz CT molecular complexity index is 588. The molecular formula is C14H20N6O. The number of guanidine groups is 1. The summed E-state index contributed by atoms with van der Waals surface area (Å²) in [4.78, 5) is 8.50. The lowest BCUT2D eigenvalue weighted by molar-refractivity contribution is 0.392. The molecule has 0 fully saturated rings. The van der Waals surface area contributed by atoms with Gasteiger partial charge in [-0.1, -0.05) is 0 Å². The quantitative estimate of drug-likeness (QED) is 0.636. The van der Waals surface area contributed by atoms with E-state index in [4.69, 9.17) is 4.42 Å². The number of fused-ring (bicyclic) bond motifs is 1. The molecule has 21 heavy (non-hydrogen) atoms. The first-order valence-corrected chi connectivity index (χ1v) is 7.21. The number of aliphatic imine (C=N–C) groups is 1. The monoisotopic (exact) mass is 288 g/mol. The zero-order chi connectivity index (χ0) is 14.5. The number of rotatable bonds is 4. The first-order chi connectivity index (χ1) is 10.3. The van der Waals surface area contributed by atoms with Crippen LogP contribution in [0.15, 0.2) is 34.1 Å². The molecular weight excluding hydrogens is 268 g/mol. The van der Waals surface area contributed by atoms with Gasteiger partial charge >= 0.3 is 0 Å². The van der Waals surface area contributed by atoms with E-state index in [-0.39, 0.29) is 0 Å². The molecule has 1 aliphatic rings. The number of nitrogens with one attached hydrogen (secondary N) is 2. The highest BCUT2D eigenvalue weighted by Gasteiger charge is 2.20. The van der Waals surface area contributed by atoms with Gasteiger partial charge < -0.3 is 15.1 Å². The van der Waals surface area contributed by atoms with Crippen LogP contribution < -0.4 is 10.6 Å². The molecule has 2 aromatic rings. The molecule has 3 heterocycles. The van der Waals surface area contributed by atoms with Crippen LogP contribution in [0.25, 0.3) is 0 Å². The average molecular weight is 288 g/mol. The molecule has 1 unspecified atom stereocenters. The van der Waals surface area contributed by atoms with Crippen molar-refractivity contribution in [2.75, 3.05) is 13.6 Å². The third-order valence-corrected chi connectivity index (χ3v) is 3.61. The van der Waals surface area contributed by atoms with Crippen LogP contribution in [0.1, 0.15) is 18.0 Å². The highest BCUT2D eigenvalue weighted by Crippen LogP contribution is 2.11. The molecule has 1 aliphatic heterocycles. The van der Waals surface area contributed by atoms with E-state index in [1.54, 1.807) is 19.6 Å². The van der Waals surface area contributed by atoms with Crippen LogP contribution >= 0.6 is 0 Å². The summed E-state index contributed by atoms with van der Waals surface area (Å²) in [5.41, 5.74) is 0. The molecule has 0 saturated heterocycles. The zero-order valence-corrected chi connectivity index (χ0v) is 12.1. The number of aromatic nitrogens is 3. The van der Waals surface area contributed by atoms with E-state index in [0.29, 0.717) is 6.04 Å². The number of aryl methyl sites for hydroxylation is 1. The lowest BCUT2D eigenvalue weighted by Crippen LogP contribution is -2.47. The second-order valence-electron chi connectivity index (χ2n) is 5.07. The Hall–Kier alpha value is -2.31. The first kappa shape index (κ1) is 13.7. The fourth-order valence-electron chi connectivity index (χ4n) is 2.50. The van der Waals surface area contributed by atoms with Gasteiger partial charge in [-0.25, -0.2) is 9.67 Å². The van der Waals surface area contributed by atoms with Crippen LogP contribution in [-0.2, 0) is 19.4 Å². The van der Waals surface area contributed by atoms with Crippen LogP contribution in [0.4, 0.5) is 0 Å². The Morgan fingerprint density at radius 3 is 3.33 bits per heavy atom. The SMILES string of the molecule is CN=C(NCCc1ccco1)NC1CCc2ncnn2C1. The number of nitrogens with zero attached hydrogens (tertiary/aromatic N) is 4. The van der Waals surface area contributed by atoms with Gasteiger partial charge in [-0.2, -0.15) is 5.10 Å². The van der Waals surface area contributed by atoms with Gasteiger partial charge in [-0.15, -0.1) is 0 Å². The van der Waals surface area contributed by atoms with Crippen LogP contribution in [0.5, 0.6) is 0 Å². The third-order valence-electron chi connectivity index (χ3n) is 3.61. The molecule has 0 aromatic carbocycles. The molecule has 7 heteroatoms. The van der Waals surface area contributed by atoms with Crippen molar-refractivity contribution in [3.05, 3.63) is 36.3 Å². The van der Waals surface area contributed by atoms with Crippen molar-refractivity contribution >= 4 is 5.96 Å². The maximum absolute atomic E-state index is 5.31. The van der Waals surface area contributed by atoms with Crippen LogP contribution in [-0.4, -0.2) is 40.4 Å². The van der Waals surface area contributed by atoms with Crippen LogP contribution in [0.3, 0.4) is 0 Å². The number of hydrogen-bond donors (Lipinski definition) is 2. The Balaban J connectivity index is 1.47. The molecule has 112 valence electrons. The van der Waals surface area contributed by atoms with Crippen molar-refractivity contribution < 1.29 is 4.42 Å². The van der Waals surface area contributed by atoms with Crippen molar-refractivity contribution in [2.45, 2.75) is 31.8 Å². The molecule has 2 aromatic heterocycles. The lowest BCUT2D eigenvalue weighted by atomic mass is 10.1. The van der Waals surface area contributed by atoms with E-state index in [0.717, 1.165) is 49.9 Å². The number of furan rings is 1. The standard InChI is InChI=1S/C14H20N6O/c1-15-14(16-7-6-12-3-2-8-21-12)19-11-4-5-13-17-10-18-20(13)9-11/h2-3,8,10-11H,4-7,9H2,1H3,(H2,15,16,19). The zero-order valence-electron chi connectivity index (χ0n) is 12.1. The Labute approximate surface area is 123 Å². The Kier molecular flexibility index (Phi) is 4.18. The largest absolute Gasteiger partial charge is 0.469 e. The summed E-state index contributed by atoms with van der Waals surface area (Å²) in [6.45, 7) is 1.61. The molecule has 0 saturated carbocycles. The summed E-state index contributed by atoms with van der Waals surface area (Å²) in [5, 5.41) is 11.0. The van der Waals surface area contributed by atoms with Crippen molar-refractivity contribution in [3.8, 4) is 0 Å².